The maximum atomic E-state index is 13.5. The zero-order chi connectivity index (χ0) is 12.3. The number of aliphatic hydroxyl groups is 1. The Morgan fingerprint density at radius 1 is 1.28 bits per heavy atom. The first-order chi connectivity index (χ1) is 8.75. The van der Waals surface area contributed by atoms with Crippen molar-refractivity contribution in [3.8, 4) is 0 Å². The third-order valence-corrected chi connectivity index (χ3v) is 4.64. The van der Waals surface area contributed by atoms with Crippen LogP contribution in [-0.2, 0) is 0 Å². The summed E-state index contributed by atoms with van der Waals surface area (Å²) in [5.41, 5.74) is 0.261. The molecular weight excluding hydrogens is 231 g/mol. The molecule has 4 rings (SSSR count). The largest absolute Gasteiger partial charge is 0.455 e. The molecular formula is C15H15FO2. The molecule has 94 valence electrons. The van der Waals surface area contributed by atoms with Crippen molar-refractivity contribution in [1.82, 2.24) is 0 Å². The molecule has 0 bridgehead atoms. The number of furan rings is 1. The van der Waals surface area contributed by atoms with Crippen LogP contribution in [-0.4, -0.2) is 5.11 Å². The second kappa shape index (κ2) is 3.58. The fourth-order valence-corrected chi connectivity index (χ4v) is 3.73. The van der Waals surface area contributed by atoms with Gasteiger partial charge in [0.1, 0.15) is 11.9 Å². The molecule has 2 nitrogen and oxygen atoms in total. The van der Waals surface area contributed by atoms with Gasteiger partial charge in [-0.25, -0.2) is 4.39 Å². The number of hydrogen-bond donors (Lipinski definition) is 1. The monoisotopic (exact) mass is 246 g/mol. The summed E-state index contributed by atoms with van der Waals surface area (Å²) in [4.78, 5) is 0. The standard InChI is InChI=1S/C15H15FO2/c16-11-6-1-3-8-7-12(18-15(8)11)14(17)13-9-4-2-5-10(9)13/h1,3,6-7,9-10,13-14,17H,2,4-5H2. The van der Waals surface area contributed by atoms with Gasteiger partial charge in [0, 0.05) is 5.39 Å². The van der Waals surface area contributed by atoms with E-state index in [-0.39, 0.29) is 11.4 Å². The van der Waals surface area contributed by atoms with Crippen LogP contribution in [0.25, 0.3) is 11.0 Å². The predicted octanol–water partition coefficient (Wildman–Crippen LogP) is 3.65. The Bertz CT molecular complexity index is 594. The van der Waals surface area contributed by atoms with Gasteiger partial charge in [-0.05, 0) is 42.7 Å². The molecule has 0 radical (unpaired) electrons. The average molecular weight is 246 g/mol. The summed E-state index contributed by atoms with van der Waals surface area (Å²) in [5.74, 6) is 1.83. The Hall–Kier alpha value is -1.35. The van der Waals surface area contributed by atoms with Crippen LogP contribution in [0.4, 0.5) is 4.39 Å². The van der Waals surface area contributed by atoms with Gasteiger partial charge in [-0.1, -0.05) is 18.6 Å². The maximum absolute atomic E-state index is 13.5. The molecule has 0 aliphatic heterocycles. The van der Waals surface area contributed by atoms with Crippen molar-refractivity contribution in [3.05, 3.63) is 35.8 Å². The van der Waals surface area contributed by atoms with E-state index in [0.29, 0.717) is 23.5 Å². The number of rotatable bonds is 2. The second-order valence-corrected chi connectivity index (χ2v) is 5.59. The molecule has 1 aromatic carbocycles. The predicted molar refractivity (Wildman–Crippen MR) is 65.5 cm³/mol. The van der Waals surface area contributed by atoms with Gasteiger partial charge in [0.25, 0.3) is 0 Å². The lowest BCUT2D eigenvalue weighted by molar-refractivity contribution is 0.114. The fraction of sp³-hybridized carbons (Fsp3) is 0.467. The molecule has 2 aliphatic rings. The van der Waals surface area contributed by atoms with Crippen molar-refractivity contribution in [3.63, 3.8) is 0 Å². The van der Waals surface area contributed by atoms with Crippen molar-refractivity contribution in [1.29, 1.82) is 0 Å². The van der Waals surface area contributed by atoms with E-state index in [0.717, 1.165) is 5.39 Å². The number of hydrogen-bond acceptors (Lipinski definition) is 2. The molecule has 3 atom stereocenters. The first kappa shape index (κ1) is 10.6. The molecule has 2 saturated carbocycles. The summed E-state index contributed by atoms with van der Waals surface area (Å²) in [5, 5.41) is 11.1. The minimum Gasteiger partial charge on any atom is -0.455 e. The fourth-order valence-electron chi connectivity index (χ4n) is 3.73. The number of halogens is 1. The van der Waals surface area contributed by atoms with Gasteiger partial charge in [-0.3, -0.25) is 0 Å². The Kier molecular flexibility index (Phi) is 2.10. The van der Waals surface area contributed by atoms with E-state index < -0.39 is 6.10 Å². The molecule has 3 heteroatoms. The highest BCUT2D eigenvalue weighted by Crippen LogP contribution is 2.62. The molecule has 3 unspecified atom stereocenters. The molecule has 0 saturated heterocycles. The minimum absolute atomic E-state index is 0.261. The van der Waals surface area contributed by atoms with Crippen LogP contribution >= 0.6 is 0 Å². The summed E-state index contributed by atoms with van der Waals surface area (Å²) in [6.07, 6.45) is 3.17. The Balaban J connectivity index is 1.68. The van der Waals surface area contributed by atoms with Crippen molar-refractivity contribution >= 4 is 11.0 Å². The molecule has 2 aliphatic carbocycles. The van der Waals surface area contributed by atoms with E-state index >= 15 is 0 Å². The second-order valence-electron chi connectivity index (χ2n) is 5.59. The minimum atomic E-state index is -0.563. The summed E-state index contributed by atoms with van der Waals surface area (Å²) in [7, 11) is 0. The first-order valence-electron chi connectivity index (χ1n) is 6.62. The van der Waals surface area contributed by atoms with Crippen LogP contribution in [0.5, 0.6) is 0 Å². The molecule has 0 spiro atoms. The molecule has 18 heavy (non-hydrogen) atoms. The molecule has 1 aromatic heterocycles. The zero-order valence-electron chi connectivity index (χ0n) is 9.97. The SMILES string of the molecule is OC(c1cc2cccc(F)c2o1)C1C2CCCC21. The smallest absolute Gasteiger partial charge is 0.170 e. The van der Waals surface area contributed by atoms with Gasteiger partial charge in [-0.2, -0.15) is 0 Å². The van der Waals surface area contributed by atoms with Crippen molar-refractivity contribution in [2.75, 3.05) is 0 Å². The van der Waals surface area contributed by atoms with Crippen LogP contribution in [0.3, 0.4) is 0 Å². The van der Waals surface area contributed by atoms with Crippen LogP contribution in [0.1, 0.15) is 31.1 Å². The van der Waals surface area contributed by atoms with Gasteiger partial charge in [0.2, 0.25) is 0 Å². The lowest BCUT2D eigenvalue weighted by Gasteiger charge is -2.09. The van der Waals surface area contributed by atoms with Crippen LogP contribution in [0.2, 0.25) is 0 Å². The topological polar surface area (TPSA) is 33.4 Å². The van der Waals surface area contributed by atoms with Gasteiger partial charge >= 0.3 is 0 Å². The Morgan fingerprint density at radius 2 is 2.06 bits per heavy atom. The van der Waals surface area contributed by atoms with Gasteiger partial charge in [-0.15, -0.1) is 0 Å². The van der Waals surface area contributed by atoms with E-state index in [2.05, 4.69) is 0 Å². The highest BCUT2D eigenvalue weighted by Gasteiger charge is 2.56. The van der Waals surface area contributed by atoms with E-state index in [1.165, 1.54) is 25.3 Å². The lowest BCUT2D eigenvalue weighted by atomic mass is 10.0. The molecule has 0 amide bonds. The van der Waals surface area contributed by atoms with Crippen molar-refractivity contribution in [2.24, 2.45) is 17.8 Å². The van der Waals surface area contributed by atoms with Crippen LogP contribution in [0, 0.1) is 23.6 Å². The molecule has 1 N–H and O–H groups in total. The Labute approximate surface area is 104 Å². The lowest BCUT2D eigenvalue weighted by Crippen LogP contribution is -2.02. The third kappa shape index (κ3) is 1.37. The summed E-state index contributed by atoms with van der Waals surface area (Å²) < 4.78 is 19.0. The summed E-state index contributed by atoms with van der Waals surface area (Å²) >= 11 is 0. The first-order valence-corrected chi connectivity index (χ1v) is 6.62. The van der Waals surface area contributed by atoms with Gasteiger partial charge in [0.15, 0.2) is 11.4 Å². The van der Waals surface area contributed by atoms with E-state index in [1.807, 2.05) is 6.07 Å². The highest BCUT2D eigenvalue weighted by molar-refractivity contribution is 5.78. The Morgan fingerprint density at radius 3 is 2.78 bits per heavy atom. The zero-order valence-corrected chi connectivity index (χ0v) is 9.97. The summed E-state index contributed by atoms with van der Waals surface area (Å²) in [6, 6.07) is 6.63. The molecule has 1 heterocycles. The number of benzene rings is 1. The van der Waals surface area contributed by atoms with Crippen LogP contribution < -0.4 is 0 Å². The average Bonchev–Trinajstić information content (AvgIpc) is 2.79. The van der Waals surface area contributed by atoms with E-state index in [9.17, 15) is 9.50 Å². The number of fused-ring (bicyclic) bond motifs is 2. The van der Waals surface area contributed by atoms with Gasteiger partial charge < -0.3 is 9.52 Å². The maximum Gasteiger partial charge on any atom is 0.170 e. The summed E-state index contributed by atoms with van der Waals surface area (Å²) in [6.45, 7) is 0. The molecule has 2 fully saturated rings. The number of aliphatic hydroxyl groups excluding tert-OH is 1. The van der Waals surface area contributed by atoms with Gasteiger partial charge in [0.05, 0.1) is 0 Å². The number of para-hydroxylation sites is 1. The van der Waals surface area contributed by atoms with E-state index in [4.69, 9.17) is 4.42 Å². The highest BCUT2D eigenvalue weighted by atomic mass is 19.1. The third-order valence-electron chi connectivity index (χ3n) is 4.64. The molecule has 2 aromatic rings. The van der Waals surface area contributed by atoms with Crippen LogP contribution in [0.15, 0.2) is 28.7 Å². The van der Waals surface area contributed by atoms with E-state index in [1.54, 1.807) is 12.1 Å². The quantitative estimate of drug-likeness (QED) is 0.877. The van der Waals surface area contributed by atoms with Crippen molar-refractivity contribution in [2.45, 2.75) is 25.4 Å². The van der Waals surface area contributed by atoms with Crippen molar-refractivity contribution < 1.29 is 13.9 Å². The normalized spacial score (nSPS) is 31.6.